The number of benzene rings is 1. The number of H-pyrrole nitrogens is 1. The Kier molecular flexibility index (Phi) is 6.78. The minimum absolute atomic E-state index is 0.116. The van der Waals surface area contributed by atoms with Gasteiger partial charge in [-0.15, -0.1) is 0 Å². The molecule has 2 aliphatic rings. The molecule has 0 atom stereocenters. The van der Waals surface area contributed by atoms with E-state index >= 15 is 0 Å². The van der Waals surface area contributed by atoms with Gasteiger partial charge in [0.1, 0.15) is 0 Å². The molecular formula is C28H31N3O2. The number of fused-ring (bicyclic) bond motifs is 1. The Balaban J connectivity index is 1.67. The molecule has 0 spiro atoms. The minimum Gasteiger partial charge on any atom is -0.404 e. The number of Topliss-reactive ketones (excluding diaryl/α,β-unsaturated/α-hetero) is 1. The van der Waals surface area contributed by atoms with Gasteiger partial charge in [0.25, 0.3) is 0 Å². The number of amides is 1. The standard InChI is InChI=1S/C28H31N3O2/c1-3-19(12-15-31-28(33)18(2)27-21(17-29)13-14-30-27)26-22-9-5-4-8-20(22)16-25(32)23-10-6-7-11-24(23)26/h4-5,7-9,11,13-14,17,30H,3,6,10,12,15-16,29H2,1-2H3,(H,31,33)/b21-17-,26-19+,27-18-. The average molecular weight is 442 g/mol. The van der Waals surface area contributed by atoms with E-state index in [1.165, 1.54) is 17.3 Å². The van der Waals surface area contributed by atoms with Crippen molar-refractivity contribution in [2.24, 2.45) is 5.73 Å². The summed E-state index contributed by atoms with van der Waals surface area (Å²) in [7, 11) is 0. The summed E-state index contributed by atoms with van der Waals surface area (Å²) in [5.74, 6) is 0.110. The van der Waals surface area contributed by atoms with Gasteiger partial charge in [-0.3, -0.25) is 9.59 Å². The molecule has 33 heavy (non-hydrogen) atoms. The van der Waals surface area contributed by atoms with Crippen molar-refractivity contribution >= 4 is 29.0 Å². The first-order chi connectivity index (χ1) is 16.0. The Morgan fingerprint density at radius 2 is 2.06 bits per heavy atom. The van der Waals surface area contributed by atoms with Crippen molar-refractivity contribution in [2.75, 3.05) is 6.54 Å². The second kappa shape index (κ2) is 9.90. The molecule has 1 heterocycles. The quantitative estimate of drug-likeness (QED) is 0.667. The first-order valence-corrected chi connectivity index (χ1v) is 11.6. The lowest BCUT2D eigenvalue weighted by Crippen LogP contribution is -2.34. The number of carbonyl (C=O) groups excluding carboxylic acids is 2. The monoisotopic (exact) mass is 441 g/mol. The Morgan fingerprint density at radius 1 is 1.24 bits per heavy atom. The van der Waals surface area contributed by atoms with Gasteiger partial charge in [0.2, 0.25) is 5.91 Å². The van der Waals surface area contributed by atoms with Crippen LogP contribution < -0.4 is 21.6 Å². The summed E-state index contributed by atoms with van der Waals surface area (Å²) >= 11 is 0. The summed E-state index contributed by atoms with van der Waals surface area (Å²) in [5, 5.41) is 4.61. The molecule has 5 heteroatoms. The SMILES string of the molecule is CC/C(CCNC(=O)/C(C)=c1\[nH]cc\c1=C\N)=C1\C2=C(CCC=C2)C(=O)Cc2ccccc21. The fraction of sp³-hybridized carbons (Fsp3) is 0.286. The normalized spacial score (nSPS) is 18.5. The summed E-state index contributed by atoms with van der Waals surface area (Å²) < 4.78 is 0. The van der Waals surface area contributed by atoms with Crippen LogP contribution in [-0.4, -0.2) is 23.2 Å². The van der Waals surface area contributed by atoms with E-state index in [2.05, 4.69) is 41.5 Å². The smallest absolute Gasteiger partial charge is 0.249 e. The van der Waals surface area contributed by atoms with Crippen LogP contribution in [0, 0.1) is 0 Å². The molecule has 1 aromatic heterocycles. The average Bonchev–Trinajstić information content (AvgIpc) is 3.28. The van der Waals surface area contributed by atoms with Crippen molar-refractivity contribution in [3.05, 3.63) is 87.1 Å². The fourth-order valence-corrected chi connectivity index (χ4v) is 4.81. The number of hydrogen-bond acceptors (Lipinski definition) is 3. The highest BCUT2D eigenvalue weighted by molar-refractivity contribution is 6.12. The molecule has 2 aliphatic carbocycles. The molecule has 5 nitrogen and oxygen atoms in total. The van der Waals surface area contributed by atoms with E-state index in [1.807, 2.05) is 18.2 Å². The van der Waals surface area contributed by atoms with Gasteiger partial charge in [0.15, 0.2) is 5.78 Å². The molecule has 0 saturated carbocycles. The summed E-state index contributed by atoms with van der Waals surface area (Å²) in [6, 6.07) is 10.1. The molecule has 0 saturated heterocycles. The third kappa shape index (κ3) is 4.49. The van der Waals surface area contributed by atoms with Crippen LogP contribution >= 0.6 is 0 Å². The molecule has 0 radical (unpaired) electrons. The van der Waals surface area contributed by atoms with Crippen LogP contribution in [0.25, 0.3) is 17.3 Å². The van der Waals surface area contributed by atoms with Crippen molar-refractivity contribution in [3.63, 3.8) is 0 Å². The summed E-state index contributed by atoms with van der Waals surface area (Å²) in [5.41, 5.74) is 12.9. The maximum absolute atomic E-state index is 13.0. The highest BCUT2D eigenvalue weighted by Crippen LogP contribution is 2.40. The second-order valence-electron chi connectivity index (χ2n) is 8.53. The van der Waals surface area contributed by atoms with Crippen LogP contribution in [0.1, 0.15) is 50.7 Å². The third-order valence-electron chi connectivity index (χ3n) is 6.58. The van der Waals surface area contributed by atoms with E-state index in [0.29, 0.717) is 18.5 Å². The van der Waals surface area contributed by atoms with Gasteiger partial charge in [-0.2, -0.15) is 0 Å². The molecule has 1 amide bonds. The number of allylic oxidation sites excluding steroid dienone is 5. The molecule has 0 fully saturated rings. The van der Waals surface area contributed by atoms with Crippen LogP contribution in [0.3, 0.4) is 0 Å². The maximum Gasteiger partial charge on any atom is 0.249 e. The lowest BCUT2D eigenvalue weighted by atomic mass is 9.84. The van der Waals surface area contributed by atoms with Crippen LogP contribution in [0.4, 0.5) is 0 Å². The molecule has 4 N–H and O–H groups in total. The van der Waals surface area contributed by atoms with E-state index in [-0.39, 0.29) is 11.7 Å². The lowest BCUT2D eigenvalue weighted by molar-refractivity contribution is -0.116. The van der Waals surface area contributed by atoms with Gasteiger partial charge in [0.05, 0.1) is 5.35 Å². The van der Waals surface area contributed by atoms with E-state index < -0.39 is 0 Å². The number of rotatable bonds is 5. The van der Waals surface area contributed by atoms with Gasteiger partial charge in [-0.05, 0) is 60.9 Å². The van der Waals surface area contributed by atoms with Gasteiger partial charge in [-0.1, -0.05) is 48.9 Å². The van der Waals surface area contributed by atoms with Crippen LogP contribution in [0.5, 0.6) is 0 Å². The molecule has 4 rings (SSSR count). The molecular weight excluding hydrogens is 410 g/mol. The zero-order valence-electron chi connectivity index (χ0n) is 19.3. The first kappa shape index (κ1) is 22.6. The number of hydrogen-bond donors (Lipinski definition) is 3. The molecule has 1 aromatic carbocycles. The second-order valence-corrected chi connectivity index (χ2v) is 8.53. The fourth-order valence-electron chi connectivity index (χ4n) is 4.81. The largest absolute Gasteiger partial charge is 0.404 e. The summed E-state index contributed by atoms with van der Waals surface area (Å²) in [6.45, 7) is 4.46. The van der Waals surface area contributed by atoms with E-state index in [0.717, 1.165) is 58.5 Å². The van der Waals surface area contributed by atoms with Crippen molar-refractivity contribution in [3.8, 4) is 0 Å². The van der Waals surface area contributed by atoms with Crippen molar-refractivity contribution in [1.29, 1.82) is 0 Å². The predicted molar refractivity (Wildman–Crippen MR) is 133 cm³/mol. The predicted octanol–water partition coefficient (Wildman–Crippen LogP) is 3.02. The molecule has 0 aliphatic heterocycles. The number of ketones is 1. The maximum atomic E-state index is 13.0. The zero-order chi connectivity index (χ0) is 23.4. The Labute approximate surface area is 194 Å². The molecule has 170 valence electrons. The number of aromatic amines is 1. The van der Waals surface area contributed by atoms with Crippen LogP contribution in [0.2, 0.25) is 0 Å². The topological polar surface area (TPSA) is 88.0 Å². The molecule has 0 bridgehead atoms. The Bertz CT molecular complexity index is 1300. The van der Waals surface area contributed by atoms with E-state index in [4.69, 9.17) is 5.73 Å². The highest BCUT2D eigenvalue weighted by atomic mass is 16.1. The molecule has 2 aromatic rings. The minimum atomic E-state index is -0.116. The molecule has 0 unspecified atom stereocenters. The van der Waals surface area contributed by atoms with Crippen LogP contribution in [-0.2, 0) is 16.0 Å². The number of nitrogens with one attached hydrogen (secondary N) is 2. The lowest BCUT2D eigenvalue weighted by Gasteiger charge is -2.20. The zero-order valence-corrected chi connectivity index (χ0v) is 19.3. The van der Waals surface area contributed by atoms with Gasteiger partial charge < -0.3 is 16.0 Å². The number of carbonyl (C=O) groups is 2. The van der Waals surface area contributed by atoms with Gasteiger partial charge in [0, 0.05) is 41.7 Å². The van der Waals surface area contributed by atoms with Gasteiger partial charge in [-0.25, -0.2) is 0 Å². The Morgan fingerprint density at radius 3 is 2.85 bits per heavy atom. The summed E-state index contributed by atoms with van der Waals surface area (Å²) in [4.78, 5) is 28.9. The van der Waals surface area contributed by atoms with Crippen molar-refractivity contribution < 1.29 is 9.59 Å². The van der Waals surface area contributed by atoms with Crippen molar-refractivity contribution in [2.45, 2.75) is 46.0 Å². The first-order valence-electron chi connectivity index (χ1n) is 11.6. The highest BCUT2D eigenvalue weighted by Gasteiger charge is 2.27. The number of nitrogens with two attached hydrogens (primary N) is 1. The third-order valence-corrected chi connectivity index (χ3v) is 6.58. The summed E-state index contributed by atoms with van der Waals surface area (Å²) in [6.07, 6.45) is 11.3. The van der Waals surface area contributed by atoms with Crippen LogP contribution in [0.15, 0.2) is 65.4 Å². The van der Waals surface area contributed by atoms with E-state index in [9.17, 15) is 9.59 Å². The Hall–Kier alpha value is -3.60. The van der Waals surface area contributed by atoms with Gasteiger partial charge >= 0.3 is 0 Å². The van der Waals surface area contributed by atoms with E-state index in [1.54, 1.807) is 13.1 Å². The number of aromatic nitrogens is 1. The van der Waals surface area contributed by atoms with Crippen molar-refractivity contribution in [1.82, 2.24) is 10.3 Å².